The average molecular weight is 299 g/mol. The first-order valence-electron chi connectivity index (χ1n) is 5.78. The van der Waals surface area contributed by atoms with Gasteiger partial charge in [-0.25, -0.2) is 4.98 Å². The molecule has 0 spiro atoms. The summed E-state index contributed by atoms with van der Waals surface area (Å²) in [5, 5.41) is 3.58. The standard InChI is InChI=1S/C11H11ClN4O2S/c12-11-14-7-5-8(13-6-17)19-9(7)10(15-11)16-1-3-18-4-2-16/h5-6H,1-4H2,(H,13,17). The van der Waals surface area contributed by atoms with Gasteiger partial charge in [0.05, 0.1) is 28.4 Å². The Morgan fingerprint density at radius 3 is 2.95 bits per heavy atom. The molecule has 100 valence electrons. The molecule has 0 saturated carbocycles. The Morgan fingerprint density at radius 2 is 2.21 bits per heavy atom. The van der Waals surface area contributed by atoms with Crippen molar-refractivity contribution in [1.29, 1.82) is 0 Å². The molecule has 0 radical (unpaired) electrons. The van der Waals surface area contributed by atoms with E-state index in [4.69, 9.17) is 16.3 Å². The largest absolute Gasteiger partial charge is 0.378 e. The number of thiophene rings is 1. The van der Waals surface area contributed by atoms with Gasteiger partial charge in [-0.1, -0.05) is 0 Å². The Morgan fingerprint density at radius 1 is 1.42 bits per heavy atom. The molecule has 0 unspecified atom stereocenters. The zero-order chi connectivity index (χ0) is 13.2. The first-order chi connectivity index (χ1) is 9.28. The normalized spacial score (nSPS) is 15.7. The van der Waals surface area contributed by atoms with Gasteiger partial charge in [-0.05, 0) is 17.7 Å². The zero-order valence-electron chi connectivity index (χ0n) is 9.93. The molecule has 1 N–H and O–H groups in total. The van der Waals surface area contributed by atoms with Crippen LogP contribution in [0.1, 0.15) is 0 Å². The van der Waals surface area contributed by atoms with Gasteiger partial charge in [-0.2, -0.15) is 4.98 Å². The number of carbonyl (C=O) groups is 1. The molecule has 0 aliphatic carbocycles. The summed E-state index contributed by atoms with van der Waals surface area (Å²) >= 11 is 7.41. The molecule has 19 heavy (non-hydrogen) atoms. The summed E-state index contributed by atoms with van der Waals surface area (Å²) in [6.45, 7) is 2.90. The number of hydrogen-bond acceptors (Lipinski definition) is 6. The van der Waals surface area contributed by atoms with Crippen LogP contribution in [-0.4, -0.2) is 42.7 Å². The summed E-state index contributed by atoms with van der Waals surface area (Å²) in [6, 6.07) is 1.80. The number of nitrogens with one attached hydrogen (secondary N) is 1. The number of fused-ring (bicyclic) bond motifs is 1. The number of halogens is 1. The summed E-state index contributed by atoms with van der Waals surface area (Å²) in [5.74, 6) is 0.808. The highest BCUT2D eigenvalue weighted by Gasteiger charge is 2.19. The lowest BCUT2D eigenvalue weighted by Crippen LogP contribution is -2.36. The maximum atomic E-state index is 10.5. The van der Waals surface area contributed by atoms with Crippen LogP contribution in [0.2, 0.25) is 5.28 Å². The Kier molecular flexibility index (Phi) is 3.50. The molecule has 0 aromatic carbocycles. The average Bonchev–Trinajstić information content (AvgIpc) is 2.81. The predicted molar refractivity (Wildman–Crippen MR) is 75.1 cm³/mol. The van der Waals surface area contributed by atoms with Gasteiger partial charge in [0, 0.05) is 13.1 Å². The van der Waals surface area contributed by atoms with E-state index in [0.29, 0.717) is 19.6 Å². The predicted octanol–water partition coefficient (Wildman–Crippen LogP) is 1.75. The van der Waals surface area contributed by atoms with E-state index < -0.39 is 0 Å². The van der Waals surface area contributed by atoms with Crippen LogP contribution in [0.5, 0.6) is 0 Å². The van der Waals surface area contributed by atoms with Crippen LogP contribution in [0.25, 0.3) is 10.2 Å². The zero-order valence-corrected chi connectivity index (χ0v) is 11.5. The van der Waals surface area contributed by atoms with E-state index in [0.717, 1.165) is 34.1 Å². The molecule has 3 heterocycles. The molecule has 2 aromatic heterocycles. The number of nitrogens with zero attached hydrogens (tertiary/aromatic N) is 3. The maximum absolute atomic E-state index is 10.5. The third kappa shape index (κ3) is 2.49. The number of hydrogen-bond donors (Lipinski definition) is 1. The van der Waals surface area contributed by atoms with E-state index in [2.05, 4.69) is 20.2 Å². The number of morpholine rings is 1. The highest BCUT2D eigenvalue weighted by Crippen LogP contribution is 2.35. The van der Waals surface area contributed by atoms with Crippen molar-refractivity contribution in [3.05, 3.63) is 11.3 Å². The van der Waals surface area contributed by atoms with Gasteiger partial charge in [0.2, 0.25) is 11.7 Å². The molecule has 1 saturated heterocycles. The van der Waals surface area contributed by atoms with Crippen LogP contribution >= 0.6 is 22.9 Å². The highest BCUT2D eigenvalue weighted by atomic mass is 35.5. The lowest BCUT2D eigenvalue weighted by Gasteiger charge is -2.28. The first-order valence-corrected chi connectivity index (χ1v) is 6.97. The maximum Gasteiger partial charge on any atom is 0.224 e. The van der Waals surface area contributed by atoms with Crippen molar-refractivity contribution in [1.82, 2.24) is 9.97 Å². The van der Waals surface area contributed by atoms with Crippen molar-refractivity contribution < 1.29 is 9.53 Å². The van der Waals surface area contributed by atoms with Crippen LogP contribution < -0.4 is 10.2 Å². The molecular weight excluding hydrogens is 288 g/mol. The van der Waals surface area contributed by atoms with E-state index in [1.54, 1.807) is 6.07 Å². The minimum absolute atomic E-state index is 0.212. The van der Waals surface area contributed by atoms with Crippen molar-refractivity contribution in [2.24, 2.45) is 0 Å². The molecule has 6 nitrogen and oxygen atoms in total. The second-order valence-corrected chi connectivity index (χ2v) is 5.39. The lowest BCUT2D eigenvalue weighted by molar-refractivity contribution is -0.105. The molecule has 0 bridgehead atoms. The number of amides is 1. The van der Waals surface area contributed by atoms with Gasteiger partial charge in [0.25, 0.3) is 0 Å². The Hall–Kier alpha value is -1.44. The molecule has 1 aliphatic heterocycles. The summed E-state index contributed by atoms with van der Waals surface area (Å²) in [7, 11) is 0. The number of aromatic nitrogens is 2. The van der Waals surface area contributed by atoms with E-state index in [1.165, 1.54) is 11.3 Å². The molecular formula is C11H11ClN4O2S. The minimum atomic E-state index is 0.212. The van der Waals surface area contributed by atoms with Crippen LogP contribution in [0, 0.1) is 0 Å². The smallest absolute Gasteiger partial charge is 0.224 e. The summed E-state index contributed by atoms with van der Waals surface area (Å²) in [6.07, 6.45) is 0.647. The SMILES string of the molecule is O=CNc1cc2nc(Cl)nc(N3CCOCC3)c2s1. The van der Waals surface area contributed by atoms with Gasteiger partial charge in [0.1, 0.15) is 0 Å². The van der Waals surface area contributed by atoms with Crippen LogP contribution in [0.4, 0.5) is 10.8 Å². The quantitative estimate of drug-likeness (QED) is 0.691. The number of ether oxygens (including phenoxy) is 1. The Labute approximate surface area is 118 Å². The third-order valence-corrected chi connectivity index (χ3v) is 4.06. The van der Waals surface area contributed by atoms with Crippen LogP contribution in [0.15, 0.2) is 6.07 Å². The molecule has 1 aliphatic rings. The van der Waals surface area contributed by atoms with Gasteiger partial charge in [0.15, 0.2) is 5.82 Å². The third-order valence-electron chi connectivity index (χ3n) is 2.84. The van der Waals surface area contributed by atoms with Crippen molar-refractivity contribution in [2.75, 3.05) is 36.5 Å². The number of anilines is 2. The highest BCUT2D eigenvalue weighted by molar-refractivity contribution is 7.23. The van der Waals surface area contributed by atoms with Gasteiger partial charge in [-0.3, -0.25) is 4.79 Å². The van der Waals surface area contributed by atoms with E-state index in [9.17, 15) is 4.79 Å². The van der Waals surface area contributed by atoms with Crippen molar-refractivity contribution in [3.8, 4) is 0 Å². The second-order valence-electron chi connectivity index (χ2n) is 4.00. The van der Waals surface area contributed by atoms with E-state index in [1.807, 2.05) is 0 Å². The van der Waals surface area contributed by atoms with Gasteiger partial charge < -0.3 is 15.0 Å². The van der Waals surface area contributed by atoms with Crippen molar-refractivity contribution >= 4 is 50.4 Å². The molecule has 8 heteroatoms. The first kappa shape index (κ1) is 12.6. The Bertz CT molecular complexity index is 612. The fourth-order valence-electron chi connectivity index (χ4n) is 2.01. The second kappa shape index (κ2) is 5.28. The number of rotatable bonds is 3. The van der Waals surface area contributed by atoms with Gasteiger partial charge in [-0.15, -0.1) is 11.3 Å². The van der Waals surface area contributed by atoms with E-state index in [-0.39, 0.29) is 5.28 Å². The van der Waals surface area contributed by atoms with Gasteiger partial charge >= 0.3 is 0 Å². The molecule has 2 aromatic rings. The summed E-state index contributed by atoms with van der Waals surface area (Å²) in [4.78, 5) is 21.1. The summed E-state index contributed by atoms with van der Waals surface area (Å²) in [5.41, 5.74) is 0.746. The fourth-order valence-corrected chi connectivity index (χ4v) is 3.15. The molecule has 1 amide bonds. The molecule has 0 atom stereocenters. The lowest BCUT2D eigenvalue weighted by atomic mass is 10.3. The molecule has 3 rings (SSSR count). The van der Waals surface area contributed by atoms with Crippen molar-refractivity contribution in [2.45, 2.75) is 0 Å². The van der Waals surface area contributed by atoms with E-state index >= 15 is 0 Å². The van der Waals surface area contributed by atoms with Crippen molar-refractivity contribution in [3.63, 3.8) is 0 Å². The Balaban J connectivity index is 2.07. The number of carbonyl (C=O) groups excluding carboxylic acids is 1. The summed E-state index contributed by atoms with van der Waals surface area (Å²) < 4.78 is 6.26. The van der Waals surface area contributed by atoms with Crippen LogP contribution in [0.3, 0.4) is 0 Å². The topological polar surface area (TPSA) is 67.4 Å². The monoisotopic (exact) mass is 298 g/mol. The fraction of sp³-hybridized carbons (Fsp3) is 0.364. The molecule has 1 fully saturated rings. The van der Waals surface area contributed by atoms with Crippen LogP contribution in [-0.2, 0) is 9.53 Å². The minimum Gasteiger partial charge on any atom is -0.378 e.